The number of aromatic nitrogens is 2. The van der Waals surface area contributed by atoms with E-state index in [0.29, 0.717) is 5.02 Å². The summed E-state index contributed by atoms with van der Waals surface area (Å²) >= 11 is 7.07. The lowest BCUT2D eigenvalue weighted by atomic mass is 10.4. The first-order chi connectivity index (χ1) is 9.54. The Morgan fingerprint density at radius 2 is 1.95 bits per heavy atom. The van der Waals surface area contributed by atoms with E-state index in [1.54, 1.807) is 24.3 Å². The zero-order valence-corrected chi connectivity index (χ0v) is 11.7. The van der Waals surface area contributed by atoms with Gasteiger partial charge in [0, 0.05) is 16.1 Å². The van der Waals surface area contributed by atoms with Crippen molar-refractivity contribution in [1.82, 2.24) is 9.97 Å². The zero-order valence-electron chi connectivity index (χ0n) is 10.1. The fourth-order valence-corrected chi connectivity index (χ4v) is 2.19. The molecule has 0 aliphatic carbocycles. The third-order valence-electron chi connectivity index (χ3n) is 2.28. The van der Waals surface area contributed by atoms with Crippen molar-refractivity contribution in [3.05, 3.63) is 56.3 Å². The molecule has 0 spiro atoms. The van der Waals surface area contributed by atoms with E-state index in [1.165, 1.54) is 11.8 Å². The minimum Gasteiger partial charge on any atom is -0.320 e. The quantitative estimate of drug-likeness (QED) is 0.745. The molecule has 6 nitrogen and oxygen atoms in total. The van der Waals surface area contributed by atoms with Gasteiger partial charge in [0.05, 0.1) is 5.75 Å². The van der Waals surface area contributed by atoms with Gasteiger partial charge in [-0.15, -0.1) is 11.8 Å². The van der Waals surface area contributed by atoms with Gasteiger partial charge in [0.15, 0.2) is 0 Å². The summed E-state index contributed by atoms with van der Waals surface area (Å²) in [5.74, 6) is -0.206. The first-order valence-electron chi connectivity index (χ1n) is 5.55. The molecule has 2 aromatic rings. The molecule has 2 rings (SSSR count). The van der Waals surface area contributed by atoms with Gasteiger partial charge in [0.25, 0.3) is 5.56 Å². The maximum absolute atomic E-state index is 11.7. The molecule has 20 heavy (non-hydrogen) atoms. The van der Waals surface area contributed by atoms with E-state index >= 15 is 0 Å². The van der Waals surface area contributed by atoms with Crippen LogP contribution in [0.1, 0.15) is 0 Å². The molecule has 1 heterocycles. The average Bonchev–Trinajstić information content (AvgIpc) is 2.41. The van der Waals surface area contributed by atoms with Crippen molar-refractivity contribution in [3.8, 4) is 0 Å². The molecular weight excluding hydrogens is 302 g/mol. The second-order valence-corrected chi connectivity index (χ2v) is 5.26. The Hall–Kier alpha value is -1.99. The van der Waals surface area contributed by atoms with Crippen LogP contribution in [0.2, 0.25) is 5.02 Å². The van der Waals surface area contributed by atoms with Gasteiger partial charge in [-0.05, 0) is 24.3 Å². The molecule has 0 unspecified atom stereocenters. The Balaban J connectivity index is 1.94. The molecule has 1 aromatic heterocycles. The monoisotopic (exact) mass is 311 g/mol. The average molecular weight is 312 g/mol. The molecular formula is C12H10ClN3O3S. The minimum absolute atomic E-state index is 0.00584. The van der Waals surface area contributed by atoms with Crippen molar-refractivity contribution in [2.24, 2.45) is 0 Å². The Morgan fingerprint density at radius 1 is 1.25 bits per heavy atom. The van der Waals surface area contributed by atoms with Crippen molar-refractivity contribution in [2.75, 3.05) is 11.1 Å². The molecule has 0 fully saturated rings. The fraction of sp³-hybridized carbons (Fsp3) is 0.0833. The van der Waals surface area contributed by atoms with Gasteiger partial charge >= 0.3 is 5.69 Å². The molecule has 1 aromatic carbocycles. The van der Waals surface area contributed by atoms with Gasteiger partial charge in [0.1, 0.15) is 5.69 Å². The lowest BCUT2D eigenvalue weighted by Crippen LogP contribution is -2.27. The van der Waals surface area contributed by atoms with Crippen LogP contribution in [-0.4, -0.2) is 21.6 Å². The number of nitrogens with one attached hydrogen (secondary N) is 3. The number of amides is 1. The highest BCUT2D eigenvalue weighted by atomic mass is 35.5. The van der Waals surface area contributed by atoms with Gasteiger partial charge in [-0.1, -0.05) is 11.6 Å². The normalized spacial score (nSPS) is 10.2. The number of thioether (sulfide) groups is 1. The summed E-state index contributed by atoms with van der Waals surface area (Å²) in [6, 6.07) is 7.06. The van der Waals surface area contributed by atoms with E-state index in [0.717, 1.165) is 11.1 Å². The predicted molar refractivity (Wildman–Crippen MR) is 78.5 cm³/mol. The summed E-state index contributed by atoms with van der Waals surface area (Å²) in [6.45, 7) is 0. The number of H-pyrrole nitrogens is 2. The number of halogens is 1. The highest BCUT2D eigenvalue weighted by Crippen LogP contribution is 2.20. The van der Waals surface area contributed by atoms with E-state index in [2.05, 4.69) is 10.3 Å². The molecule has 3 N–H and O–H groups in total. The predicted octanol–water partition coefficient (Wildman–Crippen LogP) is 1.45. The molecule has 0 radical (unpaired) electrons. The van der Waals surface area contributed by atoms with Crippen molar-refractivity contribution in [1.29, 1.82) is 0 Å². The zero-order chi connectivity index (χ0) is 14.5. The van der Waals surface area contributed by atoms with Crippen LogP contribution >= 0.6 is 23.4 Å². The number of hydrogen-bond acceptors (Lipinski definition) is 4. The maximum Gasteiger partial charge on any atom is 0.325 e. The number of aromatic amines is 2. The number of carbonyl (C=O) groups is 1. The van der Waals surface area contributed by atoms with Crippen LogP contribution < -0.4 is 16.6 Å². The second kappa shape index (κ2) is 6.44. The Bertz CT molecular complexity index is 724. The summed E-state index contributed by atoms with van der Waals surface area (Å²) in [5.41, 5.74) is -1.26. The minimum atomic E-state index is -0.640. The molecule has 104 valence electrons. The van der Waals surface area contributed by atoms with Crippen LogP contribution in [0.25, 0.3) is 0 Å². The third-order valence-corrected chi connectivity index (χ3v) is 3.54. The van der Waals surface area contributed by atoms with Crippen LogP contribution in [0.5, 0.6) is 0 Å². The van der Waals surface area contributed by atoms with E-state index in [9.17, 15) is 14.4 Å². The summed E-state index contributed by atoms with van der Waals surface area (Å²) in [4.78, 5) is 39.1. The lowest BCUT2D eigenvalue weighted by Gasteiger charge is -2.04. The van der Waals surface area contributed by atoms with Crippen molar-refractivity contribution in [2.45, 2.75) is 4.90 Å². The van der Waals surface area contributed by atoms with E-state index in [-0.39, 0.29) is 17.3 Å². The lowest BCUT2D eigenvalue weighted by molar-refractivity contribution is -0.113. The highest BCUT2D eigenvalue weighted by molar-refractivity contribution is 8.00. The second-order valence-electron chi connectivity index (χ2n) is 3.78. The molecule has 0 aliphatic rings. The number of carbonyl (C=O) groups excluding carboxylic acids is 1. The van der Waals surface area contributed by atoms with Crippen molar-refractivity contribution >= 4 is 35.0 Å². The summed E-state index contributed by atoms with van der Waals surface area (Å²) in [6.07, 6.45) is 1.16. The number of hydrogen-bond donors (Lipinski definition) is 3. The fourth-order valence-electron chi connectivity index (χ4n) is 1.37. The van der Waals surface area contributed by atoms with Crippen molar-refractivity contribution < 1.29 is 4.79 Å². The molecule has 8 heteroatoms. The number of anilines is 1. The van der Waals surface area contributed by atoms with Gasteiger partial charge in [-0.25, -0.2) is 4.79 Å². The smallest absolute Gasteiger partial charge is 0.320 e. The van der Waals surface area contributed by atoms with Crippen LogP contribution in [0, 0.1) is 0 Å². The molecule has 0 aliphatic heterocycles. The van der Waals surface area contributed by atoms with E-state index in [4.69, 9.17) is 11.6 Å². The van der Waals surface area contributed by atoms with Crippen molar-refractivity contribution in [3.63, 3.8) is 0 Å². The Kier molecular flexibility index (Phi) is 4.65. The largest absolute Gasteiger partial charge is 0.325 e. The Labute approximate surface area is 122 Å². The summed E-state index contributed by atoms with van der Waals surface area (Å²) in [7, 11) is 0. The standard InChI is InChI=1S/C12H10ClN3O3S/c13-7-1-3-8(4-2-7)20-6-10(17)15-9-5-14-12(19)16-11(9)18/h1-5H,6H2,(H,15,17)(H2,14,16,18,19). The SMILES string of the molecule is O=C(CSc1ccc(Cl)cc1)Nc1c[nH]c(=O)[nH]c1=O. The maximum atomic E-state index is 11.7. The highest BCUT2D eigenvalue weighted by Gasteiger charge is 2.07. The van der Waals surface area contributed by atoms with Crippen LogP contribution in [0.3, 0.4) is 0 Å². The molecule has 0 saturated heterocycles. The third kappa shape index (κ3) is 4.01. The first-order valence-corrected chi connectivity index (χ1v) is 6.91. The molecule has 0 bridgehead atoms. The molecule has 1 amide bonds. The van der Waals surface area contributed by atoms with Gasteiger partial charge in [0.2, 0.25) is 5.91 Å². The van der Waals surface area contributed by atoms with Crippen LogP contribution in [0.4, 0.5) is 5.69 Å². The summed E-state index contributed by atoms with van der Waals surface area (Å²) in [5, 5.41) is 3.04. The number of rotatable bonds is 4. The van der Waals surface area contributed by atoms with E-state index in [1.807, 2.05) is 4.98 Å². The van der Waals surface area contributed by atoms with Gasteiger partial charge in [-0.3, -0.25) is 14.6 Å². The Morgan fingerprint density at radius 3 is 2.60 bits per heavy atom. The van der Waals surface area contributed by atoms with Crippen LogP contribution in [0.15, 0.2) is 44.9 Å². The van der Waals surface area contributed by atoms with E-state index < -0.39 is 11.2 Å². The number of benzene rings is 1. The van der Waals surface area contributed by atoms with Gasteiger partial charge < -0.3 is 10.3 Å². The topological polar surface area (TPSA) is 94.8 Å². The van der Waals surface area contributed by atoms with Gasteiger partial charge in [-0.2, -0.15) is 0 Å². The molecule has 0 saturated carbocycles. The first kappa shape index (κ1) is 14.4. The van der Waals surface area contributed by atoms with Crippen LogP contribution in [-0.2, 0) is 4.79 Å². The molecule has 0 atom stereocenters. The summed E-state index contributed by atoms with van der Waals surface area (Å²) < 4.78 is 0.